The first kappa shape index (κ1) is 15.8. The van der Waals surface area contributed by atoms with Crippen LogP contribution in [0.25, 0.3) is 0 Å². The lowest BCUT2D eigenvalue weighted by molar-refractivity contribution is 0.141. The van der Waals surface area contributed by atoms with E-state index in [0.29, 0.717) is 17.8 Å². The zero-order chi connectivity index (χ0) is 15.2. The molecule has 0 spiro atoms. The number of nitrogens with zero attached hydrogens (tertiary/aromatic N) is 3. The topological polar surface area (TPSA) is 106 Å². The number of nitrogens with two attached hydrogens (primary N) is 1. The Labute approximate surface area is 125 Å². The average Bonchev–Trinajstić information content (AvgIpc) is 2.44. The molecule has 1 aliphatic rings. The van der Waals surface area contributed by atoms with E-state index >= 15 is 0 Å². The van der Waals surface area contributed by atoms with Crippen LogP contribution in [0.2, 0.25) is 0 Å². The smallest absolute Gasteiger partial charge is 0.323 e. The van der Waals surface area contributed by atoms with Gasteiger partial charge in [0, 0.05) is 13.2 Å². The summed E-state index contributed by atoms with van der Waals surface area (Å²) in [6.45, 7) is 4.78. The zero-order valence-electron chi connectivity index (χ0n) is 12.7. The van der Waals surface area contributed by atoms with Gasteiger partial charge in [0.15, 0.2) is 0 Å². The van der Waals surface area contributed by atoms with E-state index in [4.69, 9.17) is 10.5 Å². The van der Waals surface area contributed by atoms with Crippen molar-refractivity contribution < 1.29 is 9.84 Å². The minimum Gasteiger partial charge on any atom is -0.461 e. The van der Waals surface area contributed by atoms with Crippen molar-refractivity contribution in [3.05, 3.63) is 0 Å². The molecule has 0 aliphatic heterocycles. The third-order valence-electron chi connectivity index (χ3n) is 3.80. The number of hydrogen-bond donors (Lipinski definition) is 3. The molecule has 21 heavy (non-hydrogen) atoms. The molecule has 0 aromatic carbocycles. The Bertz CT molecular complexity index is 455. The van der Waals surface area contributed by atoms with Gasteiger partial charge in [-0.3, -0.25) is 0 Å². The second kappa shape index (κ2) is 7.40. The molecule has 0 radical (unpaired) electrons. The minimum absolute atomic E-state index is 0.0169. The van der Waals surface area contributed by atoms with Crippen molar-refractivity contribution in [1.29, 1.82) is 0 Å². The number of aliphatic hydroxyl groups is 1. The normalized spacial score (nSPS) is 22.3. The van der Waals surface area contributed by atoms with E-state index in [2.05, 4.69) is 20.3 Å². The molecule has 1 fully saturated rings. The maximum absolute atomic E-state index is 9.44. The van der Waals surface area contributed by atoms with E-state index in [1.165, 1.54) is 12.8 Å². The van der Waals surface area contributed by atoms with Crippen LogP contribution in [0.4, 0.5) is 11.9 Å². The Morgan fingerprint density at radius 2 is 1.95 bits per heavy atom. The Morgan fingerprint density at radius 1 is 1.24 bits per heavy atom. The van der Waals surface area contributed by atoms with Crippen molar-refractivity contribution in [1.82, 2.24) is 15.0 Å². The van der Waals surface area contributed by atoms with E-state index in [9.17, 15) is 5.11 Å². The van der Waals surface area contributed by atoms with Crippen molar-refractivity contribution in [3.63, 3.8) is 0 Å². The van der Waals surface area contributed by atoms with Crippen molar-refractivity contribution >= 4 is 11.9 Å². The molecule has 7 heteroatoms. The molecule has 1 heterocycles. The lowest BCUT2D eigenvalue weighted by atomic mass is 9.80. The standard InChI is InChI=1S/C14H25N5O2/c1-9(2)21-14-18-12(15)17-13(19-14)16-7-10-5-3-4-6-11(10)8-20/h9-11,20H,3-8H2,1-2H3,(H3,15,16,17,18,19). The van der Waals surface area contributed by atoms with Crippen LogP contribution in [-0.4, -0.2) is 39.3 Å². The number of nitrogen functional groups attached to an aromatic ring is 1. The monoisotopic (exact) mass is 295 g/mol. The number of nitrogens with one attached hydrogen (secondary N) is 1. The summed E-state index contributed by atoms with van der Waals surface area (Å²) in [5.41, 5.74) is 5.68. The second-order valence-corrected chi connectivity index (χ2v) is 5.83. The van der Waals surface area contributed by atoms with Crippen LogP contribution in [0.15, 0.2) is 0 Å². The number of anilines is 2. The van der Waals surface area contributed by atoms with E-state index in [-0.39, 0.29) is 24.7 Å². The van der Waals surface area contributed by atoms with Gasteiger partial charge in [-0.25, -0.2) is 0 Å². The fourth-order valence-corrected chi connectivity index (χ4v) is 2.73. The highest BCUT2D eigenvalue weighted by molar-refractivity contribution is 5.32. The highest BCUT2D eigenvalue weighted by Gasteiger charge is 2.24. The average molecular weight is 295 g/mol. The summed E-state index contributed by atoms with van der Waals surface area (Å²) in [4.78, 5) is 12.2. The first-order chi connectivity index (χ1) is 10.1. The quantitative estimate of drug-likeness (QED) is 0.729. The predicted octanol–water partition coefficient (Wildman–Crippen LogP) is 1.45. The second-order valence-electron chi connectivity index (χ2n) is 5.83. The maximum atomic E-state index is 9.44. The van der Waals surface area contributed by atoms with Crippen LogP contribution in [0.3, 0.4) is 0 Å². The molecule has 1 aliphatic carbocycles. The van der Waals surface area contributed by atoms with Gasteiger partial charge in [-0.1, -0.05) is 12.8 Å². The van der Waals surface area contributed by atoms with Gasteiger partial charge in [0.05, 0.1) is 6.10 Å². The van der Waals surface area contributed by atoms with Crippen LogP contribution >= 0.6 is 0 Å². The number of aliphatic hydroxyl groups excluding tert-OH is 1. The van der Waals surface area contributed by atoms with Gasteiger partial charge in [0.2, 0.25) is 11.9 Å². The van der Waals surface area contributed by atoms with Gasteiger partial charge in [0.25, 0.3) is 0 Å². The third-order valence-corrected chi connectivity index (χ3v) is 3.80. The van der Waals surface area contributed by atoms with E-state index < -0.39 is 0 Å². The Morgan fingerprint density at radius 3 is 2.62 bits per heavy atom. The van der Waals surface area contributed by atoms with E-state index in [0.717, 1.165) is 19.4 Å². The van der Waals surface area contributed by atoms with Gasteiger partial charge in [-0.2, -0.15) is 15.0 Å². The van der Waals surface area contributed by atoms with Crippen LogP contribution in [-0.2, 0) is 0 Å². The molecule has 1 aromatic heterocycles. The van der Waals surface area contributed by atoms with E-state index in [1.54, 1.807) is 0 Å². The summed E-state index contributed by atoms with van der Waals surface area (Å²) in [7, 11) is 0. The number of hydrogen-bond acceptors (Lipinski definition) is 7. The maximum Gasteiger partial charge on any atom is 0.323 e. The molecule has 0 bridgehead atoms. The highest BCUT2D eigenvalue weighted by Crippen LogP contribution is 2.29. The van der Waals surface area contributed by atoms with Gasteiger partial charge in [-0.15, -0.1) is 0 Å². The molecule has 0 amide bonds. The lowest BCUT2D eigenvalue weighted by Gasteiger charge is -2.30. The van der Waals surface area contributed by atoms with Crippen molar-refractivity contribution in [2.24, 2.45) is 11.8 Å². The molecular formula is C14H25N5O2. The molecule has 7 nitrogen and oxygen atoms in total. The first-order valence-electron chi connectivity index (χ1n) is 7.61. The summed E-state index contributed by atoms with van der Waals surface area (Å²) in [6.07, 6.45) is 4.60. The van der Waals surface area contributed by atoms with Crippen molar-refractivity contribution in [3.8, 4) is 6.01 Å². The van der Waals surface area contributed by atoms with Gasteiger partial charge >= 0.3 is 6.01 Å². The molecule has 1 aromatic rings. The van der Waals surface area contributed by atoms with Gasteiger partial charge in [0.1, 0.15) is 0 Å². The molecule has 0 saturated heterocycles. The molecule has 4 N–H and O–H groups in total. The van der Waals surface area contributed by atoms with Crippen molar-refractivity contribution in [2.45, 2.75) is 45.6 Å². The number of aromatic nitrogens is 3. The fraction of sp³-hybridized carbons (Fsp3) is 0.786. The zero-order valence-corrected chi connectivity index (χ0v) is 12.7. The summed E-state index contributed by atoms with van der Waals surface area (Å²) in [5, 5.41) is 12.6. The molecule has 2 rings (SSSR count). The first-order valence-corrected chi connectivity index (χ1v) is 7.61. The van der Waals surface area contributed by atoms with Crippen LogP contribution in [0.1, 0.15) is 39.5 Å². The predicted molar refractivity (Wildman–Crippen MR) is 81.0 cm³/mol. The number of ether oxygens (including phenoxy) is 1. The largest absolute Gasteiger partial charge is 0.461 e. The molecule has 1 saturated carbocycles. The minimum atomic E-state index is -0.0169. The van der Waals surface area contributed by atoms with Gasteiger partial charge < -0.3 is 20.9 Å². The molecule has 118 valence electrons. The number of rotatable bonds is 6. The van der Waals surface area contributed by atoms with Crippen LogP contribution in [0.5, 0.6) is 6.01 Å². The molecule has 2 atom stereocenters. The summed E-state index contributed by atoms with van der Waals surface area (Å²) in [5.74, 6) is 1.37. The highest BCUT2D eigenvalue weighted by atomic mass is 16.5. The lowest BCUT2D eigenvalue weighted by Crippen LogP contribution is -2.29. The van der Waals surface area contributed by atoms with Crippen molar-refractivity contribution in [2.75, 3.05) is 24.2 Å². The summed E-state index contributed by atoms with van der Waals surface area (Å²) in [6, 6.07) is 0.238. The Balaban J connectivity index is 1.97. The molecular weight excluding hydrogens is 270 g/mol. The Hall–Kier alpha value is -1.63. The van der Waals surface area contributed by atoms with E-state index in [1.807, 2.05) is 13.8 Å². The summed E-state index contributed by atoms with van der Waals surface area (Å²) < 4.78 is 5.45. The van der Waals surface area contributed by atoms with Gasteiger partial charge in [-0.05, 0) is 38.5 Å². The fourth-order valence-electron chi connectivity index (χ4n) is 2.73. The third kappa shape index (κ3) is 4.70. The Kier molecular flexibility index (Phi) is 5.55. The summed E-state index contributed by atoms with van der Waals surface area (Å²) >= 11 is 0. The SMILES string of the molecule is CC(C)Oc1nc(N)nc(NCC2CCCCC2CO)n1. The molecule has 2 unspecified atom stereocenters. The van der Waals surface area contributed by atoms with Crippen LogP contribution < -0.4 is 15.8 Å². The van der Waals surface area contributed by atoms with Crippen LogP contribution in [0, 0.1) is 11.8 Å².